The molecule has 27 heavy (non-hydrogen) atoms. The maximum Gasteiger partial charge on any atom is 0.322 e. The second-order valence-electron chi connectivity index (χ2n) is 6.07. The first-order valence-corrected chi connectivity index (χ1v) is 8.42. The average molecular weight is 389 g/mol. The van der Waals surface area contributed by atoms with E-state index in [-0.39, 0.29) is 11.4 Å². The Morgan fingerprint density at radius 2 is 1.93 bits per heavy atom. The summed E-state index contributed by atoms with van der Waals surface area (Å²) in [6.07, 6.45) is 0. The Morgan fingerprint density at radius 3 is 2.56 bits per heavy atom. The number of nitrogens with one attached hydrogen (secondary N) is 1. The molecule has 3 aromatic rings. The topological polar surface area (TPSA) is 108 Å². The quantitative estimate of drug-likeness (QED) is 0.533. The minimum Gasteiger partial charge on any atom is -0.303 e. The maximum atomic E-state index is 12.5. The molecule has 0 aliphatic rings. The highest BCUT2D eigenvalue weighted by molar-refractivity contribution is 6.30. The summed E-state index contributed by atoms with van der Waals surface area (Å²) in [5, 5.41) is 22.8. The van der Waals surface area contributed by atoms with Gasteiger partial charge in [0.25, 0.3) is 5.91 Å². The largest absolute Gasteiger partial charge is 0.322 e. The van der Waals surface area contributed by atoms with Crippen LogP contribution in [0, 0.1) is 24.0 Å². The number of aryl methyl sites for hydroxylation is 2. The van der Waals surface area contributed by atoms with Crippen molar-refractivity contribution in [2.24, 2.45) is 7.05 Å². The smallest absolute Gasteiger partial charge is 0.303 e. The summed E-state index contributed by atoms with van der Waals surface area (Å²) in [6.45, 7) is 3.89. The first-order chi connectivity index (χ1) is 12.8. The summed E-state index contributed by atoms with van der Waals surface area (Å²) < 4.78 is 3.02. The fourth-order valence-corrected chi connectivity index (χ4v) is 2.76. The molecular weight excluding hydrogens is 372 g/mol. The number of carbonyl (C=O) groups is 1. The number of nitro groups is 1. The molecule has 0 aliphatic carbocycles. The van der Waals surface area contributed by atoms with Crippen LogP contribution in [0.5, 0.6) is 0 Å². The molecule has 1 N–H and O–H groups in total. The van der Waals surface area contributed by atoms with Crippen LogP contribution >= 0.6 is 11.6 Å². The molecule has 10 heteroatoms. The number of hydrogen-bond donors (Lipinski definition) is 1. The number of aromatic nitrogens is 4. The van der Waals surface area contributed by atoms with Crippen LogP contribution in [0.25, 0.3) is 0 Å². The second kappa shape index (κ2) is 7.20. The van der Waals surface area contributed by atoms with Crippen molar-refractivity contribution in [2.75, 3.05) is 5.32 Å². The summed E-state index contributed by atoms with van der Waals surface area (Å²) in [6, 6.07) is 9.06. The van der Waals surface area contributed by atoms with Gasteiger partial charge in [-0.05, 0) is 31.5 Å². The minimum absolute atomic E-state index is 0.245. The lowest BCUT2D eigenvalue weighted by Crippen LogP contribution is -2.15. The molecule has 0 radical (unpaired) electrons. The molecule has 0 bridgehead atoms. The van der Waals surface area contributed by atoms with E-state index in [1.165, 1.54) is 11.6 Å². The summed E-state index contributed by atoms with van der Waals surface area (Å²) in [5.74, 6) is -0.384. The van der Waals surface area contributed by atoms with Crippen LogP contribution in [0.2, 0.25) is 5.02 Å². The first kappa shape index (κ1) is 18.6. The second-order valence-corrected chi connectivity index (χ2v) is 6.51. The monoisotopic (exact) mass is 388 g/mol. The molecule has 0 aliphatic heterocycles. The van der Waals surface area contributed by atoms with E-state index in [2.05, 4.69) is 15.5 Å². The third-order valence-corrected chi connectivity index (χ3v) is 4.42. The van der Waals surface area contributed by atoms with Gasteiger partial charge in [0.05, 0.1) is 11.5 Å². The molecule has 2 aromatic heterocycles. The van der Waals surface area contributed by atoms with Gasteiger partial charge in [0.2, 0.25) is 5.69 Å². The Bertz CT molecular complexity index is 1020. The Balaban J connectivity index is 1.81. The molecule has 2 heterocycles. The molecule has 0 fully saturated rings. The highest BCUT2D eigenvalue weighted by atomic mass is 35.5. The summed E-state index contributed by atoms with van der Waals surface area (Å²) in [7, 11) is 1.55. The molecule has 0 saturated heterocycles. The molecule has 140 valence electrons. The van der Waals surface area contributed by atoms with Gasteiger partial charge in [-0.3, -0.25) is 24.3 Å². The molecule has 3 rings (SSSR count). The number of nitrogens with zero attached hydrogens (tertiary/aromatic N) is 5. The highest BCUT2D eigenvalue weighted by Gasteiger charge is 2.29. The molecular formula is C17H17ClN6O3. The number of rotatable bonds is 5. The van der Waals surface area contributed by atoms with Gasteiger partial charge in [0.15, 0.2) is 5.82 Å². The van der Waals surface area contributed by atoms with Gasteiger partial charge in [-0.1, -0.05) is 23.7 Å². The lowest BCUT2D eigenvalue weighted by molar-refractivity contribution is -0.385. The van der Waals surface area contributed by atoms with Crippen molar-refractivity contribution in [1.82, 2.24) is 19.6 Å². The third-order valence-electron chi connectivity index (χ3n) is 4.17. The molecule has 9 nitrogen and oxygen atoms in total. The average Bonchev–Trinajstić information content (AvgIpc) is 3.09. The van der Waals surface area contributed by atoms with Gasteiger partial charge in [0.1, 0.15) is 5.69 Å². The summed E-state index contributed by atoms with van der Waals surface area (Å²) >= 11 is 5.89. The summed E-state index contributed by atoms with van der Waals surface area (Å²) in [4.78, 5) is 23.1. The fourth-order valence-electron chi connectivity index (χ4n) is 2.64. The van der Waals surface area contributed by atoms with E-state index in [4.69, 9.17) is 11.6 Å². The summed E-state index contributed by atoms with van der Waals surface area (Å²) in [5.41, 5.74) is 1.57. The van der Waals surface area contributed by atoms with Crippen molar-refractivity contribution < 1.29 is 9.72 Å². The zero-order valence-electron chi connectivity index (χ0n) is 14.9. The van der Waals surface area contributed by atoms with Crippen molar-refractivity contribution in [2.45, 2.75) is 20.4 Å². The Hall–Kier alpha value is -3.20. The van der Waals surface area contributed by atoms with Crippen LogP contribution in [0.1, 0.15) is 27.4 Å². The Labute approximate surface area is 159 Å². The number of halogens is 1. The van der Waals surface area contributed by atoms with Gasteiger partial charge >= 0.3 is 5.69 Å². The third kappa shape index (κ3) is 3.82. The molecule has 1 aromatic carbocycles. The van der Waals surface area contributed by atoms with E-state index in [9.17, 15) is 14.9 Å². The molecule has 0 unspecified atom stereocenters. The van der Waals surface area contributed by atoms with Crippen molar-refractivity contribution in [3.05, 3.63) is 68.1 Å². The number of hydrogen-bond acceptors (Lipinski definition) is 5. The van der Waals surface area contributed by atoms with Crippen molar-refractivity contribution >= 4 is 29.0 Å². The van der Waals surface area contributed by atoms with E-state index in [1.54, 1.807) is 29.9 Å². The number of benzene rings is 1. The van der Waals surface area contributed by atoms with E-state index >= 15 is 0 Å². The standard InChI is InChI=1S/C17H17ClN6O3/c1-10-8-14(20-23(10)9-12-4-6-13(18)7-5-12)19-17(25)15-16(24(26)27)11(2)22(3)21-15/h4-8H,9H2,1-3H3,(H,19,20,25). The van der Waals surface area contributed by atoms with Gasteiger partial charge in [-0.2, -0.15) is 10.2 Å². The van der Waals surface area contributed by atoms with Crippen molar-refractivity contribution in [1.29, 1.82) is 0 Å². The van der Waals surface area contributed by atoms with Gasteiger partial charge in [-0.15, -0.1) is 0 Å². The number of anilines is 1. The lowest BCUT2D eigenvalue weighted by atomic mass is 10.2. The minimum atomic E-state index is -0.679. The van der Waals surface area contributed by atoms with E-state index < -0.39 is 10.8 Å². The number of carbonyl (C=O) groups excluding carboxylic acids is 1. The Kier molecular flexibility index (Phi) is 4.95. The normalized spacial score (nSPS) is 10.8. The molecule has 0 atom stereocenters. The van der Waals surface area contributed by atoms with Crippen molar-refractivity contribution in [3.63, 3.8) is 0 Å². The zero-order valence-corrected chi connectivity index (χ0v) is 15.7. The highest BCUT2D eigenvalue weighted by Crippen LogP contribution is 2.23. The van der Waals surface area contributed by atoms with Crippen molar-refractivity contribution in [3.8, 4) is 0 Å². The molecule has 1 amide bonds. The fraction of sp³-hybridized carbons (Fsp3) is 0.235. The van der Waals surface area contributed by atoms with Crippen LogP contribution in [-0.4, -0.2) is 30.4 Å². The van der Waals surface area contributed by atoms with Crippen LogP contribution in [-0.2, 0) is 13.6 Å². The predicted octanol–water partition coefficient (Wildman–Crippen LogP) is 3.10. The predicted molar refractivity (Wildman–Crippen MR) is 100 cm³/mol. The van der Waals surface area contributed by atoms with Crippen LogP contribution in [0.15, 0.2) is 30.3 Å². The SMILES string of the molecule is Cc1c([N+](=O)[O-])c(C(=O)Nc2cc(C)n(Cc3ccc(Cl)cc3)n2)nn1C. The van der Waals surface area contributed by atoms with Gasteiger partial charge in [-0.25, -0.2) is 0 Å². The molecule has 0 saturated carbocycles. The van der Waals surface area contributed by atoms with E-state index in [0.717, 1.165) is 11.3 Å². The van der Waals surface area contributed by atoms with E-state index in [1.807, 2.05) is 19.1 Å². The lowest BCUT2D eigenvalue weighted by Gasteiger charge is -2.04. The van der Waals surface area contributed by atoms with Crippen LogP contribution < -0.4 is 5.32 Å². The number of amides is 1. The Morgan fingerprint density at radius 1 is 1.26 bits per heavy atom. The van der Waals surface area contributed by atoms with Crippen LogP contribution in [0.3, 0.4) is 0 Å². The first-order valence-electron chi connectivity index (χ1n) is 8.04. The van der Waals surface area contributed by atoms with Gasteiger partial charge in [0, 0.05) is 23.8 Å². The molecule has 0 spiro atoms. The zero-order chi connectivity index (χ0) is 19.7. The van der Waals surface area contributed by atoms with E-state index in [0.29, 0.717) is 23.1 Å². The maximum absolute atomic E-state index is 12.5. The van der Waals surface area contributed by atoms with Crippen LogP contribution in [0.4, 0.5) is 11.5 Å². The van der Waals surface area contributed by atoms with Gasteiger partial charge < -0.3 is 5.32 Å².